The molecule has 0 bridgehead atoms. The van der Waals surface area contributed by atoms with Crippen LogP contribution in [0.25, 0.3) is 10.8 Å². The van der Waals surface area contributed by atoms with Gasteiger partial charge in [-0.1, -0.05) is 31.9 Å². The van der Waals surface area contributed by atoms with Crippen molar-refractivity contribution in [1.29, 1.82) is 0 Å². The predicted octanol–water partition coefficient (Wildman–Crippen LogP) is 7.95. The molecule has 0 aliphatic heterocycles. The van der Waals surface area contributed by atoms with E-state index in [4.69, 9.17) is 0 Å². The molecular weight excluding hydrogens is 350 g/mol. The number of aryl methyl sites for hydroxylation is 1. The summed E-state index contributed by atoms with van der Waals surface area (Å²) in [5, 5.41) is 1.24. The summed E-state index contributed by atoms with van der Waals surface area (Å²) in [6, 6.07) is 6.90. The Kier molecular flexibility index (Phi) is 5.85. The lowest BCUT2D eigenvalue weighted by atomic mass is 9.63. The van der Waals surface area contributed by atoms with Crippen molar-refractivity contribution in [1.82, 2.24) is 0 Å². The van der Waals surface area contributed by atoms with Gasteiger partial charge in [0.2, 0.25) is 0 Å². The van der Waals surface area contributed by atoms with E-state index in [2.05, 4.69) is 13.5 Å². The summed E-state index contributed by atoms with van der Waals surface area (Å²) in [6.07, 6.45) is 11.9. The normalized spacial score (nSPS) is 27.5. The lowest BCUT2D eigenvalue weighted by Gasteiger charge is -2.42. The zero-order chi connectivity index (χ0) is 19.7. The second-order valence-corrected chi connectivity index (χ2v) is 9.12. The Morgan fingerprint density at radius 2 is 1.75 bits per heavy atom. The van der Waals surface area contributed by atoms with E-state index in [1.54, 1.807) is 18.2 Å². The molecule has 2 saturated carbocycles. The maximum Gasteiger partial charge on any atom is 0.131 e. The molecule has 0 nitrogen and oxygen atoms in total. The first-order valence-electron chi connectivity index (χ1n) is 11.1. The number of hydrogen-bond donors (Lipinski definition) is 0. The molecule has 0 saturated heterocycles. The van der Waals surface area contributed by atoms with Gasteiger partial charge in [0.15, 0.2) is 0 Å². The molecule has 0 radical (unpaired) electrons. The van der Waals surface area contributed by atoms with Crippen LogP contribution in [0.1, 0.15) is 75.3 Å². The third-order valence-corrected chi connectivity index (χ3v) is 7.46. The van der Waals surface area contributed by atoms with Gasteiger partial charge in [-0.15, -0.1) is 6.58 Å². The number of allylic oxidation sites excluding steroid dienone is 1. The number of fused-ring (bicyclic) bond motifs is 2. The Labute approximate surface area is 168 Å². The first-order chi connectivity index (χ1) is 13.6. The molecule has 4 unspecified atom stereocenters. The molecule has 0 N–H and O–H groups in total. The summed E-state index contributed by atoms with van der Waals surface area (Å²) in [7, 11) is 0. The molecule has 2 aliphatic rings. The maximum atomic E-state index is 15.0. The Balaban J connectivity index is 1.58. The minimum Gasteiger partial charge on any atom is -0.207 e. The monoisotopic (exact) mass is 382 g/mol. The number of benzene rings is 2. The highest BCUT2D eigenvalue weighted by atomic mass is 19.1. The standard InChI is InChI=1S/C26H32F2/c1-3-5-6-18-12-22-15-26(28)23(16-24(22)25(27)13-18)21-10-9-19-11-17(4-2)7-8-20(19)14-21/h3,12-13,15-17,19-21H,1,4-11,14H2,2H3. The molecule has 2 heteroatoms. The predicted molar refractivity (Wildman–Crippen MR) is 114 cm³/mol. The van der Waals surface area contributed by atoms with Crippen molar-refractivity contribution in [2.45, 2.75) is 70.6 Å². The highest BCUT2D eigenvalue weighted by molar-refractivity contribution is 5.85. The van der Waals surface area contributed by atoms with Crippen LogP contribution in [0, 0.1) is 29.4 Å². The van der Waals surface area contributed by atoms with Crippen LogP contribution in [0.3, 0.4) is 0 Å². The van der Waals surface area contributed by atoms with E-state index in [1.165, 1.54) is 32.1 Å². The first-order valence-corrected chi connectivity index (χ1v) is 11.1. The molecule has 28 heavy (non-hydrogen) atoms. The number of hydrogen-bond acceptors (Lipinski definition) is 0. The van der Waals surface area contributed by atoms with Gasteiger partial charge in [0.1, 0.15) is 11.6 Å². The van der Waals surface area contributed by atoms with Crippen molar-refractivity contribution in [3.05, 3.63) is 59.7 Å². The summed E-state index contributed by atoms with van der Waals surface area (Å²) >= 11 is 0. The quantitative estimate of drug-likeness (QED) is 0.460. The molecule has 0 aromatic heterocycles. The van der Waals surface area contributed by atoms with Gasteiger partial charge in [-0.2, -0.15) is 0 Å². The van der Waals surface area contributed by atoms with Gasteiger partial charge >= 0.3 is 0 Å². The van der Waals surface area contributed by atoms with Gasteiger partial charge in [0, 0.05) is 5.39 Å². The fourth-order valence-corrected chi connectivity index (χ4v) is 5.78. The van der Waals surface area contributed by atoms with E-state index in [-0.39, 0.29) is 17.6 Å². The second-order valence-electron chi connectivity index (χ2n) is 9.12. The molecule has 150 valence electrons. The maximum absolute atomic E-state index is 15.0. The van der Waals surface area contributed by atoms with E-state index >= 15 is 4.39 Å². The number of halogens is 2. The average Bonchev–Trinajstić information content (AvgIpc) is 2.71. The van der Waals surface area contributed by atoms with Gasteiger partial charge in [-0.05, 0) is 103 Å². The molecule has 4 atom stereocenters. The van der Waals surface area contributed by atoms with Crippen LogP contribution in [-0.4, -0.2) is 0 Å². The summed E-state index contributed by atoms with van der Waals surface area (Å²) in [6.45, 7) is 6.03. The Bertz CT molecular complexity index is 853. The number of rotatable bonds is 5. The fraction of sp³-hybridized carbons (Fsp3) is 0.538. The molecule has 0 spiro atoms. The van der Waals surface area contributed by atoms with Crippen molar-refractivity contribution in [3.63, 3.8) is 0 Å². The molecule has 0 heterocycles. The molecule has 0 amide bonds. The summed E-state index contributed by atoms with van der Waals surface area (Å²) in [4.78, 5) is 0. The second kappa shape index (κ2) is 8.35. The molecular formula is C26H32F2. The topological polar surface area (TPSA) is 0 Å². The molecule has 2 aromatic rings. The first kappa shape index (κ1) is 19.6. The molecule has 4 rings (SSSR count). The van der Waals surface area contributed by atoms with Crippen LogP contribution in [0.5, 0.6) is 0 Å². The third-order valence-electron chi connectivity index (χ3n) is 7.46. The third kappa shape index (κ3) is 3.88. The van der Waals surface area contributed by atoms with Gasteiger partial charge in [0.25, 0.3) is 0 Å². The Morgan fingerprint density at radius 3 is 2.54 bits per heavy atom. The average molecular weight is 383 g/mol. The van der Waals surface area contributed by atoms with E-state index < -0.39 is 0 Å². The van der Waals surface area contributed by atoms with Crippen molar-refractivity contribution >= 4 is 10.8 Å². The van der Waals surface area contributed by atoms with E-state index in [0.717, 1.165) is 54.6 Å². The summed E-state index contributed by atoms with van der Waals surface area (Å²) in [5.41, 5.74) is 1.64. The van der Waals surface area contributed by atoms with Crippen LogP contribution in [-0.2, 0) is 6.42 Å². The smallest absolute Gasteiger partial charge is 0.131 e. The highest BCUT2D eigenvalue weighted by Gasteiger charge is 2.36. The van der Waals surface area contributed by atoms with Gasteiger partial charge < -0.3 is 0 Å². The Hall–Kier alpha value is -1.70. The summed E-state index contributed by atoms with van der Waals surface area (Å²) in [5.74, 6) is 2.29. The largest absolute Gasteiger partial charge is 0.207 e. The minimum absolute atomic E-state index is 0.154. The van der Waals surface area contributed by atoms with E-state index in [0.29, 0.717) is 10.8 Å². The zero-order valence-electron chi connectivity index (χ0n) is 17.0. The van der Waals surface area contributed by atoms with Gasteiger partial charge in [0.05, 0.1) is 0 Å². The van der Waals surface area contributed by atoms with Crippen molar-refractivity contribution in [2.24, 2.45) is 17.8 Å². The van der Waals surface area contributed by atoms with Crippen LogP contribution in [0.2, 0.25) is 0 Å². The fourth-order valence-electron chi connectivity index (χ4n) is 5.78. The van der Waals surface area contributed by atoms with Gasteiger partial charge in [-0.25, -0.2) is 8.78 Å². The van der Waals surface area contributed by atoms with Crippen LogP contribution < -0.4 is 0 Å². The van der Waals surface area contributed by atoms with Crippen molar-refractivity contribution in [3.8, 4) is 0 Å². The van der Waals surface area contributed by atoms with Crippen LogP contribution >= 0.6 is 0 Å². The lowest BCUT2D eigenvalue weighted by molar-refractivity contribution is 0.115. The SMILES string of the molecule is C=CCCc1cc(F)c2cc(C3CCC4CC(CC)CCC4C3)c(F)cc2c1. The van der Waals surface area contributed by atoms with Crippen LogP contribution in [0.4, 0.5) is 8.78 Å². The molecule has 2 aromatic carbocycles. The molecule has 2 fully saturated rings. The highest BCUT2D eigenvalue weighted by Crippen LogP contribution is 2.48. The van der Waals surface area contributed by atoms with Crippen molar-refractivity contribution in [2.75, 3.05) is 0 Å². The van der Waals surface area contributed by atoms with E-state index in [9.17, 15) is 4.39 Å². The zero-order valence-corrected chi connectivity index (χ0v) is 17.0. The lowest BCUT2D eigenvalue weighted by Crippen LogP contribution is -2.30. The summed E-state index contributed by atoms with van der Waals surface area (Å²) < 4.78 is 29.8. The molecule has 2 aliphatic carbocycles. The van der Waals surface area contributed by atoms with Crippen LogP contribution in [0.15, 0.2) is 36.9 Å². The van der Waals surface area contributed by atoms with E-state index in [1.807, 2.05) is 12.1 Å². The Morgan fingerprint density at radius 1 is 0.964 bits per heavy atom. The van der Waals surface area contributed by atoms with Gasteiger partial charge in [-0.3, -0.25) is 0 Å². The minimum atomic E-state index is -0.227. The van der Waals surface area contributed by atoms with Crippen molar-refractivity contribution < 1.29 is 8.78 Å².